The standard InChI is InChI=1S/C15H16F3N3O2/c1-4-23-14-19-9-10(15(16,17)18)13(20-14)21(2)11-7-5-6-8-12(11)22-3/h5-9H,4H2,1-3H3. The lowest BCUT2D eigenvalue weighted by molar-refractivity contribution is -0.137. The molecule has 8 heteroatoms. The predicted molar refractivity (Wildman–Crippen MR) is 79.3 cm³/mol. The second-order valence-corrected chi connectivity index (χ2v) is 4.55. The smallest absolute Gasteiger partial charge is 0.421 e. The molecule has 0 radical (unpaired) electrons. The number of hydrogen-bond acceptors (Lipinski definition) is 5. The van der Waals surface area contributed by atoms with Crippen molar-refractivity contribution < 1.29 is 22.6 Å². The van der Waals surface area contributed by atoms with E-state index in [1.165, 1.54) is 19.1 Å². The van der Waals surface area contributed by atoms with Gasteiger partial charge in [0.1, 0.15) is 11.3 Å². The Hall–Kier alpha value is -2.51. The molecule has 0 saturated heterocycles. The van der Waals surface area contributed by atoms with Gasteiger partial charge in [0, 0.05) is 13.2 Å². The number of halogens is 3. The number of benzene rings is 1. The van der Waals surface area contributed by atoms with Gasteiger partial charge in [0.05, 0.1) is 19.4 Å². The normalized spacial score (nSPS) is 11.2. The van der Waals surface area contributed by atoms with Crippen molar-refractivity contribution in [2.45, 2.75) is 13.1 Å². The second-order valence-electron chi connectivity index (χ2n) is 4.55. The molecule has 0 atom stereocenters. The molecule has 0 aliphatic rings. The van der Waals surface area contributed by atoms with Gasteiger partial charge in [0.15, 0.2) is 5.82 Å². The fourth-order valence-corrected chi connectivity index (χ4v) is 2.03. The third-order valence-electron chi connectivity index (χ3n) is 3.09. The minimum atomic E-state index is -4.59. The summed E-state index contributed by atoms with van der Waals surface area (Å²) in [6.45, 7) is 1.95. The lowest BCUT2D eigenvalue weighted by atomic mass is 10.2. The predicted octanol–water partition coefficient (Wildman–Crippen LogP) is 3.67. The molecule has 1 aromatic heterocycles. The third-order valence-corrected chi connectivity index (χ3v) is 3.09. The van der Waals surface area contributed by atoms with E-state index in [0.29, 0.717) is 11.4 Å². The second kappa shape index (κ2) is 6.72. The maximum absolute atomic E-state index is 13.2. The monoisotopic (exact) mass is 327 g/mol. The molecule has 0 saturated carbocycles. The summed E-state index contributed by atoms with van der Waals surface area (Å²) in [5.41, 5.74) is -0.504. The molecule has 0 aliphatic carbocycles. The van der Waals surface area contributed by atoms with Crippen molar-refractivity contribution in [3.63, 3.8) is 0 Å². The summed E-state index contributed by atoms with van der Waals surface area (Å²) in [6, 6.07) is 6.61. The van der Waals surface area contributed by atoms with Gasteiger partial charge in [-0.3, -0.25) is 0 Å². The topological polar surface area (TPSA) is 47.5 Å². The molecular formula is C15H16F3N3O2. The summed E-state index contributed by atoms with van der Waals surface area (Å²) >= 11 is 0. The molecule has 0 bridgehead atoms. The molecule has 2 rings (SSSR count). The molecule has 0 spiro atoms. The van der Waals surface area contributed by atoms with E-state index in [1.54, 1.807) is 31.2 Å². The van der Waals surface area contributed by atoms with E-state index < -0.39 is 11.7 Å². The molecule has 5 nitrogen and oxygen atoms in total. The van der Waals surface area contributed by atoms with E-state index in [1.807, 2.05) is 0 Å². The molecule has 0 fully saturated rings. The molecule has 0 amide bonds. The number of para-hydroxylation sites is 2. The first kappa shape index (κ1) is 16.9. The highest BCUT2D eigenvalue weighted by Crippen LogP contribution is 2.39. The zero-order valence-electron chi connectivity index (χ0n) is 12.9. The Labute approximate surface area is 131 Å². The van der Waals surface area contributed by atoms with Crippen molar-refractivity contribution in [3.8, 4) is 11.8 Å². The Morgan fingerprint density at radius 3 is 2.52 bits per heavy atom. The average molecular weight is 327 g/mol. The number of hydrogen-bond donors (Lipinski definition) is 0. The number of rotatable bonds is 5. The Morgan fingerprint density at radius 1 is 1.22 bits per heavy atom. The molecule has 2 aromatic rings. The summed E-state index contributed by atoms with van der Waals surface area (Å²) in [7, 11) is 2.92. The van der Waals surface area contributed by atoms with Crippen molar-refractivity contribution in [3.05, 3.63) is 36.0 Å². The lowest BCUT2D eigenvalue weighted by Gasteiger charge is -2.24. The van der Waals surface area contributed by atoms with Crippen molar-refractivity contribution in [2.24, 2.45) is 0 Å². The highest BCUT2D eigenvalue weighted by atomic mass is 19.4. The van der Waals surface area contributed by atoms with Crippen molar-refractivity contribution >= 4 is 11.5 Å². The van der Waals surface area contributed by atoms with Gasteiger partial charge >= 0.3 is 12.2 Å². The van der Waals surface area contributed by atoms with Gasteiger partial charge in [0.2, 0.25) is 0 Å². The first-order chi connectivity index (χ1) is 10.9. The minimum Gasteiger partial charge on any atom is -0.495 e. The summed E-state index contributed by atoms with van der Waals surface area (Å²) in [5, 5.41) is 0. The number of aromatic nitrogens is 2. The zero-order valence-corrected chi connectivity index (χ0v) is 12.9. The minimum absolute atomic E-state index is 0.114. The molecule has 0 unspecified atom stereocenters. The van der Waals surface area contributed by atoms with Crippen molar-refractivity contribution in [1.82, 2.24) is 9.97 Å². The van der Waals surface area contributed by atoms with E-state index in [4.69, 9.17) is 9.47 Å². The first-order valence-electron chi connectivity index (χ1n) is 6.82. The number of methoxy groups -OCH3 is 1. The quantitative estimate of drug-likeness (QED) is 0.838. The molecule has 1 heterocycles. The summed E-state index contributed by atoms with van der Waals surface area (Å²) < 4.78 is 50.0. The van der Waals surface area contributed by atoms with Crippen LogP contribution < -0.4 is 14.4 Å². The Morgan fingerprint density at radius 2 is 1.91 bits per heavy atom. The van der Waals surface area contributed by atoms with Gasteiger partial charge in [-0.25, -0.2) is 4.98 Å². The van der Waals surface area contributed by atoms with Gasteiger partial charge in [-0.2, -0.15) is 18.2 Å². The van der Waals surface area contributed by atoms with Crippen LogP contribution in [-0.4, -0.2) is 30.7 Å². The number of alkyl halides is 3. The zero-order chi connectivity index (χ0) is 17.0. The Kier molecular flexibility index (Phi) is 4.92. The van der Waals surface area contributed by atoms with Gasteiger partial charge in [-0.05, 0) is 19.1 Å². The Balaban J connectivity index is 2.56. The Bertz CT molecular complexity index is 677. The summed E-state index contributed by atoms with van der Waals surface area (Å²) in [6.07, 6.45) is -3.87. The molecular weight excluding hydrogens is 311 g/mol. The fraction of sp³-hybridized carbons (Fsp3) is 0.333. The first-order valence-corrected chi connectivity index (χ1v) is 6.82. The molecule has 23 heavy (non-hydrogen) atoms. The van der Waals surface area contributed by atoms with Crippen LogP contribution in [0.4, 0.5) is 24.7 Å². The maximum Gasteiger partial charge on any atom is 0.421 e. The highest BCUT2D eigenvalue weighted by molar-refractivity contribution is 5.68. The van der Waals surface area contributed by atoms with Crippen LogP contribution in [0.3, 0.4) is 0 Å². The van der Waals surface area contributed by atoms with Crippen LogP contribution >= 0.6 is 0 Å². The lowest BCUT2D eigenvalue weighted by Crippen LogP contribution is -2.20. The van der Waals surface area contributed by atoms with Crippen LogP contribution in [0.15, 0.2) is 30.5 Å². The highest BCUT2D eigenvalue weighted by Gasteiger charge is 2.37. The molecule has 124 valence electrons. The third kappa shape index (κ3) is 3.64. The summed E-state index contributed by atoms with van der Waals surface area (Å²) in [5.74, 6) is 0.125. The van der Waals surface area contributed by atoms with Crippen LogP contribution in [0.1, 0.15) is 12.5 Å². The maximum atomic E-state index is 13.2. The van der Waals surface area contributed by atoms with Gasteiger partial charge in [-0.15, -0.1) is 0 Å². The fourth-order valence-electron chi connectivity index (χ4n) is 2.03. The van der Waals surface area contributed by atoms with Crippen molar-refractivity contribution in [1.29, 1.82) is 0 Å². The number of anilines is 2. The van der Waals surface area contributed by atoms with Crippen LogP contribution in [0.25, 0.3) is 0 Å². The largest absolute Gasteiger partial charge is 0.495 e. The molecule has 1 aromatic carbocycles. The number of nitrogens with zero attached hydrogens (tertiary/aromatic N) is 3. The van der Waals surface area contributed by atoms with Crippen LogP contribution in [0.5, 0.6) is 11.8 Å². The van der Waals surface area contributed by atoms with Crippen molar-refractivity contribution in [2.75, 3.05) is 25.7 Å². The van der Waals surface area contributed by atoms with Crippen LogP contribution in [0, 0.1) is 0 Å². The molecule has 0 N–H and O–H groups in total. The van der Waals surface area contributed by atoms with E-state index in [-0.39, 0.29) is 18.4 Å². The van der Waals surface area contributed by atoms with E-state index >= 15 is 0 Å². The van der Waals surface area contributed by atoms with Crippen LogP contribution in [-0.2, 0) is 6.18 Å². The SMILES string of the molecule is CCOc1ncc(C(F)(F)F)c(N(C)c2ccccc2OC)n1. The van der Waals surface area contributed by atoms with Gasteiger partial charge in [-0.1, -0.05) is 12.1 Å². The van der Waals surface area contributed by atoms with Gasteiger partial charge < -0.3 is 14.4 Å². The van der Waals surface area contributed by atoms with Gasteiger partial charge in [0.25, 0.3) is 0 Å². The van der Waals surface area contributed by atoms with E-state index in [9.17, 15) is 13.2 Å². The summed E-state index contributed by atoms with van der Waals surface area (Å²) in [4.78, 5) is 8.80. The average Bonchev–Trinajstić information content (AvgIpc) is 2.53. The van der Waals surface area contributed by atoms with E-state index in [2.05, 4.69) is 9.97 Å². The van der Waals surface area contributed by atoms with Crippen LogP contribution in [0.2, 0.25) is 0 Å². The number of ether oxygens (including phenoxy) is 2. The molecule has 0 aliphatic heterocycles. The van der Waals surface area contributed by atoms with E-state index in [0.717, 1.165) is 6.20 Å².